The first-order valence-electron chi connectivity index (χ1n) is 5.90. The van der Waals surface area contributed by atoms with Crippen LogP contribution in [0, 0.1) is 12.7 Å². The Hall–Kier alpha value is -0.900. The van der Waals surface area contributed by atoms with Gasteiger partial charge in [-0.15, -0.1) is 0 Å². The zero-order valence-corrected chi connectivity index (χ0v) is 13.0. The summed E-state index contributed by atoms with van der Waals surface area (Å²) in [6.07, 6.45) is 0. The summed E-state index contributed by atoms with van der Waals surface area (Å²) in [7, 11) is 1.84. The van der Waals surface area contributed by atoms with Crippen molar-refractivity contribution in [2.75, 3.05) is 7.05 Å². The Labute approximate surface area is 125 Å². The van der Waals surface area contributed by atoms with Crippen LogP contribution in [0.25, 0.3) is 0 Å². The fourth-order valence-corrected chi connectivity index (χ4v) is 2.94. The zero-order chi connectivity index (χ0) is 14.0. The molecule has 0 bridgehead atoms. The summed E-state index contributed by atoms with van der Waals surface area (Å²) >= 11 is 9.49. The number of hydrogen-bond donors (Lipinski definition) is 1. The number of rotatable bonds is 3. The molecular weight excluding hydrogens is 329 g/mol. The van der Waals surface area contributed by atoms with Crippen molar-refractivity contribution in [2.45, 2.75) is 13.0 Å². The lowest BCUT2D eigenvalue weighted by Gasteiger charge is -2.18. The smallest absolute Gasteiger partial charge is 0.126 e. The number of aryl methyl sites for hydroxylation is 1. The summed E-state index contributed by atoms with van der Waals surface area (Å²) in [5.41, 5.74) is 2.51. The Bertz CT molecular complexity index is 580. The highest BCUT2D eigenvalue weighted by Gasteiger charge is 2.14. The highest BCUT2D eigenvalue weighted by Crippen LogP contribution is 2.28. The first-order valence-corrected chi connectivity index (χ1v) is 7.07. The highest BCUT2D eigenvalue weighted by molar-refractivity contribution is 9.10. The lowest BCUT2D eigenvalue weighted by molar-refractivity contribution is 0.608. The van der Waals surface area contributed by atoms with E-state index in [1.54, 1.807) is 19.1 Å². The zero-order valence-electron chi connectivity index (χ0n) is 10.7. The molecule has 4 heteroatoms. The minimum atomic E-state index is -0.196. The lowest BCUT2D eigenvalue weighted by atomic mass is 9.98. The van der Waals surface area contributed by atoms with Crippen LogP contribution in [0.1, 0.15) is 22.7 Å². The molecule has 0 radical (unpaired) electrons. The molecule has 0 aliphatic heterocycles. The van der Waals surface area contributed by atoms with Crippen molar-refractivity contribution in [2.24, 2.45) is 0 Å². The number of halogens is 3. The molecule has 0 saturated heterocycles. The van der Waals surface area contributed by atoms with E-state index >= 15 is 0 Å². The van der Waals surface area contributed by atoms with E-state index < -0.39 is 0 Å². The predicted octanol–water partition coefficient (Wildman–Crippen LogP) is 4.86. The van der Waals surface area contributed by atoms with E-state index in [2.05, 4.69) is 21.2 Å². The summed E-state index contributed by atoms with van der Waals surface area (Å²) < 4.78 is 14.6. The average molecular weight is 343 g/mol. The van der Waals surface area contributed by atoms with Gasteiger partial charge in [0.1, 0.15) is 5.82 Å². The molecule has 0 aromatic heterocycles. The molecule has 0 aliphatic rings. The summed E-state index contributed by atoms with van der Waals surface area (Å²) in [5, 5.41) is 3.84. The van der Waals surface area contributed by atoms with Crippen molar-refractivity contribution in [3.05, 3.63) is 68.4 Å². The van der Waals surface area contributed by atoms with Crippen molar-refractivity contribution in [1.29, 1.82) is 0 Å². The van der Waals surface area contributed by atoms with Crippen molar-refractivity contribution >= 4 is 27.5 Å². The maximum atomic E-state index is 13.7. The molecule has 100 valence electrons. The normalized spacial score (nSPS) is 12.5. The molecule has 1 nitrogen and oxygen atoms in total. The topological polar surface area (TPSA) is 12.0 Å². The van der Waals surface area contributed by atoms with Crippen molar-refractivity contribution in [3.63, 3.8) is 0 Å². The Morgan fingerprint density at radius 2 is 1.89 bits per heavy atom. The quantitative estimate of drug-likeness (QED) is 0.840. The van der Waals surface area contributed by atoms with Gasteiger partial charge in [0.2, 0.25) is 0 Å². The minimum Gasteiger partial charge on any atom is -0.309 e. The molecule has 0 fully saturated rings. The number of nitrogens with one attached hydrogen (secondary N) is 1. The van der Waals surface area contributed by atoms with E-state index in [4.69, 9.17) is 11.6 Å². The van der Waals surface area contributed by atoms with Gasteiger partial charge in [-0.1, -0.05) is 39.7 Å². The molecule has 1 unspecified atom stereocenters. The van der Waals surface area contributed by atoms with Crippen LogP contribution in [0.2, 0.25) is 5.02 Å². The fraction of sp³-hybridized carbons (Fsp3) is 0.200. The molecule has 2 rings (SSSR count). The van der Waals surface area contributed by atoms with E-state index in [9.17, 15) is 4.39 Å². The van der Waals surface area contributed by atoms with Crippen LogP contribution in [0.15, 0.2) is 40.9 Å². The third-order valence-electron chi connectivity index (χ3n) is 3.04. The molecule has 1 N–H and O–H groups in total. The van der Waals surface area contributed by atoms with E-state index in [1.165, 1.54) is 0 Å². The van der Waals surface area contributed by atoms with Crippen molar-refractivity contribution in [1.82, 2.24) is 5.32 Å². The maximum Gasteiger partial charge on any atom is 0.126 e. The van der Waals surface area contributed by atoms with Crippen molar-refractivity contribution in [3.8, 4) is 0 Å². The van der Waals surface area contributed by atoms with Gasteiger partial charge in [-0.25, -0.2) is 4.39 Å². The van der Waals surface area contributed by atoms with Crippen LogP contribution in [-0.2, 0) is 0 Å². The number of hydrogen-bond acceptors (Lipinski definition) is 1. The third kappa shape index (κ3) is 3.35. The molecular formula is C15H14BrClFN. The lowest BCUT2D eigenvalue weighted by Crippen LogP contribution is -2.18. The predicted molar refractivity (Wildman–Crippen MR) is 81.2 cm³/mol. The summed E-state index contributed by atoms with van der Waals surface area (Å²) in [6, 6.07) is 10.9. The van der Waals surface area contributed by atoms with E-state index in [1.807, 2.05) is 31.3 Å². The summed E-state index contributed by atoms with van der Waals surface area (Å²) in [5.74, 6) is -0.196. The van der Waals surface area contributed by atoms with Gasteiger partial charge >= 0.3 is 0 Å². The molecule has 0 saturated carbocycles. The Balaban J connectivity index is 2.46. The van der Waals surface area contributed by atoms with Gasteiger partial charge in [0.25, 0.3) is 0 Å². The second kappa shape index (κ2) is 6.04. The van der Waals surface area contributed by atoms with Crippen LogP contribution in [0.4, 0.5) is 4.39 Å². The summed E-state index contributed by atoms with van der Waals surface area (Å²) in [4.78, 5) is 0. The van der Waals surface area contributed by atoms with Crippen molar-refractivity contribution < 1.29 is 4.39 Å². The third-order valence-corrected chi connectivity index (χ3v) is 3.71. The van der Waals surface area contributed by atoms with Gasteiger partial charge < -0.3 is 5.32 Å². The molecule has 2 aromatic rings. The minimum absolute atomic E-state index is 0.0925. The molecule has 0 aliphatic carbocycles. The van der Waals surface area contributed by atoms with Gasteiger partial charge in [0.15, 0.2) is 0 Å². The molecule has 0 spiro atoms. The van der Waals surface area contributed by atoms with Gasteiger partial charge in [0.05, 0.1) is 6.04 Å². The van der Waals surface area contributed by atoms with Gasteiger partial charge in [0, 0.05) is 9.50 Å². The van der Waals surface area contributed by atoms with E-state index in [-0.39, 0.29) is 11.9 Å². The first-order chi connectivity index (χ1) is 9.01. The molecule has 0 heterocycles. The average Bonchev–Trinajstić information content (AvgIpc) is 2.33. The highest BCUT2D eigenvalue weighted by atomic mass is 79.9. The molecule has 2 aromatic carbocycles. The van der Waals surface area contributed by atoms with Gasteiger partial charge in [-0.2, -0.15) is 0 Å². The van der Waals surface area contributed by atoms with Crippen LogP contribution in [0.5, 0.6) is 0 Å². The Morgan fingerprint density at radius 1 is 1.16 bits per heavy atom. The Morgan fingerprint density at radius 3 is 2.47 bits per heavy atom. The fourth-order valence-electron chi connectivity index (χ4n) is 2.06. The monoisotopic (exact) mass is 341 g/mol. The van der Waals surface area contributed by atoms with Crippen LogP contribution in [0.3, 0.4) is 0 Å². The van der Waals surface area contributed by atoms with Gasteiger partial charge in [-0.3, -0.25) is 0 Å². The van der Waals surface area contributed by atoms with E-state index in [0.717, 1.165) is 15.6 Å². The molecule has 0 amide bonds. The molecule has 1 atom stereocenters. The summed E-state index contributed by atoms with van der Waals surface area (Å²) in [6.45, 7) is 1.75. The second-order valence-electron chi connectivity index (χ2n) is 4.43. The second-order valence-corrected chi connectivity index (χ2v) is 5.79. The molecule has 19 heavy (non-hydrogen) atoms. The Kier molecular flexibility index (Phi) is 4.61. The first kappa shape index (κ1) is 14.5. The largest absolute Gasteiger partial charge is 0.309 e. The van der Waals surface area contributed by atoms with Crippen LogP contribution >= 0.6 is 27.5 Å². The number of benzene rings is 2. The van der Waals surface area contributed by atoms with Gasteiger partial charge in [-0.05, 0) is 54.9 Å². The maximum absolute atomic E-state index is 13.7. The van der Waals surface area contributed by atoms with Crippen LogP contribution < -0.4 is 5.32 Å². The SMILES string of the molecule is CNC(c1cc(Cl)cc(Br)c1)c1ccc(C)c(F)c1. The van der Waals surface area contributed by atoms with Crippen LogP contribution in [-0.4, -0.2) is 7.05 Å². The standard InChI is InChI=1S/C15H14BrClFN/c1-9-3-4-10(7-14(9)18)15(19-2)11-5-12(16)8-13(17)6-11/h3-8,15,19H,1-2H3. The van der Waals surface area contributed by atoms with E-state index in [0.29, 0.717) is 10.6 Å².